The lowest BCUT2D eigenvalue weighted by atomic mass is 9.88. The minimum atomic E-state index is -0.342. The first-order chi connectivity index (χ1) is 15.4. The zero-order valence-corrected chi connectivity index (χ0v) is 20.6. The highest BCUT2D eigenvalue weighted by Gasteiger charge is 2.29. The van der Waals surface area contributed by atoms with E-state index in [2.05, 4.69) is 35.9 Å². The predicted octanol–water partition coefficient (Wildman–Crippen LogP) is 5.71. The van der Waals surface area contributed by atoms with Crippen LogP contribution in [-0.2, 0) is 11.3 Å². The molecule has 5 nitrogen and oxygen atoms in total. The Kier molecular flexibility index (Phi) is 8.44. The van der Waals surface area contributed by atoms with Crippen LogP contribution in [0.1, 0.15) is 54.1 Å². The van der Waals surface area contributed by atoms with Crippen molar-refractivity contribution in [3.05, 3.63) is 58.1 Å². The summed E-state index contributed by atoms with van der Waals surface area (Å²) in [5.41, 5.74) is 3.78. The van der Waals surface area contributed by atoms with Crippen molar-refractivity contribution in [2.75, 3.05) is 32.7 Å². The van der Waals surface area contributed by atoms with Crippen molar-refractivity contribution in [2.24, 2.45) is 0 Å². The van der Waals surface area contributed by atoms with Crippen LogP contribution in [0.4, 0.5) is 5.69 Å². The maximum absolute atomic E-state index is 12.2. The number of nitrogens with zero attached hydrogens (tertiary/aromatic N) is 2. The zero-order chi connectivity index (χ0) is 23.3. The molecule has 0 heterocycles. The Morgan fingerprint density at radius 3 is 2.41 bits per heavy atom. The Balaban J connectivity index is 1.68. The van der Waals surface area contributed by atoms with Crippen molar-refractivity contribution in [1.82, 2.24) is 4.90 Å². The average Bonchev–Trinajstić information content (AvgIpc) is 2.81. The average molecular weight is 459 g/mol. The summed E-state index contributed by atoms with van der Waals surface area (Å²) >= 11 is 6.38. The molecule has 2 aromatic carbocycles. The van der Waals surface area contributed by atoms with Crippen LogP contribution in [0, 0.1) is 6.92 Å². The summed E-state index contributed by atoms with van der Waals surface area (Å²) in [7, 11) is 5.33. The fourth-order valence-electron chi connectivity index (χ4n) is 4.91. The standard InChI is InChI=1S/C26H35ClN2O3/c1-6-29(25-16-20(27)15-24(18(25)2)26(30)32-5)22-12-10-21(11-13-22)28(3)17-19-8-7-9-23(14-19)31-4/h7-9,14-16,21-22H,6,10-13,17H2,1-5H3/t21-,22-. The second-order valence-electron chi connectivity index (χ2n) is 8.60. The topological polar surface area (TPSA) is 42.0 Å². The van der Waals surface area contributed by atoms with Crippen molar-refractivity contribution < 1.29 is 14.3 Å². The molecule has 0 saturated heterocycles. The van der Waals surface area contributed by atoms with E-state index in [0.29, 0.717) is 22.7 Å². The lowest BCUT2D eigenvalue weighted by molar-refractivity contribution is 0.0600. The fraction of sp³-hybridized carbons (Fsp3) is 0.500. The summed E-state index contributed by atoms with van der Waals surface area (Å²) in [6.45, 7) is 5.93. The van der Waals surface area contributed by atoms with Gasteiger partial charge in [0.05, 0.1) is 19.8 Å². The van der Waals surface area contributed by atoms with Crippen LogP contribution in [0.3, 0.4) is 0 Å². The number of anilines is 1. The van der Waals surface area contributed by atoms with Crippen LogP contribution in [-0.4, -0.2) is 50.8 Å². The van der Waals surface area contributed by atoms with Crippen molar-refractivity contribution in [3.63, 3.8) is 0 Å². The number of benzene rings is 2. The smallest absolute Gasteiger partial charge is 0.338 e. The number of esters is 1. The van der Waals surface area contributed by atoms with Gasteiger partial charge in [-0.3, -0.25) is 4.90 Å². The summed E-state index contributed by atoms with van der Waals surface area (Å²) in [6.07, 6.45) is 4.51. The maximum Gasteiger partial charge on any atom is 0.338 e. The molecule has 0 N–H and O–H groups in total. The van der Waals surface area contributed by atoms with Crippen LogP contribution in [0.5, 0.6) is 5.75 Å². The Morgan fingerprint density at radius 1 is 1.09 bits per heavy atom. The number of carbonyl (C=O) groups is 1. The first-order valence-corrected chi connectivity index (χ1v) is 11.7. The molecule has 0 aliphatic heterocycles. The van der Waals surface area contributed by atoms with Gasteiger partial charge in [0.15, 0.2) is 0 Å². The number of halogens is 1. The van der Waals surface area contributed by atoms with Gasteiger partial charge in [0.1, 0.15) is 5.75 Å². The molecular weight excluding hydrogens is 424 g/mol. The summed E-state index contributed by atoms with van der Waals surface area (Å²) in [5.74, 6) is 0.562. The molecule has 6 heteroatoms. The van der Waals surface area contributed by atoms with E-state index in [0.717, 1.165) is 55.8 Å². The van der Waals surface area contributed by atoms with Gasteiger partial charge in [0.2, 0.25) is 0 Å². The van der Waals surface area contributed by atoms with E-state index in [1.165, 1.54) is 12.7 Å². The fourth-order valence-corrected chi connectivity index (χ4v) is 5.12. The van der Waals surface area contributed by atoms with E-state index in [-0.39, 0.29) is 5.97 Å². The van der Waals surface area contributed by atoms with E-state index in [1.807, 2.05) is 25.1 Å². The van der Waals surface area contributed by atoms with E-state index in [9.17, 15) is 4.79 Å². The van der Waals surface area contributed by atoms with Crippen LogP contribution in [0.2, 0.25) is 5.02 Å². The summed E-state index contributed by atoms with van der Waals surface area (Å²) in [6, 6.07) is 13.0. The molecule has 1 fully saturated rings. The predicted molar refractivity (Wildman–Crippen MR) is 131 cm³/mol. The van der Waals surface area contributed by atoms with Gasteiger partial charge in [0, 0.05) is 35.9 Å². The van der Waals surface area contributed by atoms with Crippen LogP contribution in [0.25, 0.3) is 0 Å². The Morgan fingerprint density at radius 2 is 1.78 bits per heavy atom. The minimum absolute atomic E-state index is 0.342. The normalized spacial score (nSPS) is 18.5. The van der Waals surface area contributed by atoms with E-state index in [4.69, 9.17) is 21.1 Å². The highest BCUT2D eigenvalue weighted by Crippen LogP contribution is 2.34. The molecule has 0 spiro atoms. The van der Waals surface area contributed by atoms with Crippen LogP contribution >= 0.6 is 11.6 Å². The molecule has 32 heavy (non-hydrogen) atoms. The Hall–Kier alpha value is -2.24. The molecule has 0 atom stereocenters. The van der Waals surface area contributed by atoms with Gasteiger partial charge in [-0.25, -0.2) is 4.79 Å². The third-order valence-electron chi connectivity index (χ3n) is 6.70. The largest absolute Gasteiger partial charge is 0.497 e. The molecule has 174 valence electrons. The molecule has 1 saturated carbocycles. The second kappa shape index (κ2) is 11.1. The first kappa shape index (κ1) is 24.4. The number of rotatable bonds is 8. The molecule has 2 aromatic rings. The van der Waals surface area contributed by atoms with Crippen molar-refractivity contribution in [1.29, 1.82) is 0 Å². The zero-order valence-electron chi connectivity index (χ0n) is 19.9. The quantitative estimate of drug-likeness (QED) is 0.473. The Bertz CT molecular complexity index is 925. The molecule has 0 amide bonds. The molecule has 0 aromatic heterocycles. The lowest BCUT2D eigenvalue weighted by Gasteiger charge is -2.41. The van der Waals surface area contributed by atoms with Gasteiger partial charge >= 0.3 is 5.97 Å². The van der Waals surface area contributed by atoms with Gasteiger partial charge in [-0.15, -0.1) is 0 Å². The monoisotopic (exact) mass is 458 g/mol. The van der Waals surface area contributed by atoms with Crippen LogP contribution in [0.15, 0.2) is 36.4 Å². The van der Waals surface area contributed by atoms with Gasteiger partial charge in [-0.05, 0) is 82.0 Å². The van der Waals surface area contributed by atoms with Gasteiger partial charge < -0.3 is 14.4 Å². The highest BCUT2D eigenvalue weighted by atomic mass is 35.5. The number of ether oxygens (including phenoxy) is 2. The summed E-state index contributed by atoms with van der Waals surface area (Å²) in [5, 5.41) is 0.566. The molecule has 3 rings (SSSR count). The molecule has 0 radical (unpaired) electrons. The van der Waals surface area contributed by atoms with Crippen LogP contribution < -0.4 is 9.64 Å². The first-order valence-electron chi connectivity index (χ1n) is 11.4. The highest BCUT2D eigenvalue weighted by molar-refractivity contribution is 6.31. The number of hydrogen-bond acceptors (Lipinski definition) is 5. The van der Waals surface area contributed by atoms with Gasteiger partial charge in [0.25, 0.3) is 0 Å². The molecule has 1 aliphatic carbocycles. The van der Waals surface area contributed by atoms with E-state index in [1.54, 1.807) is 13.2 Å². The van der Waals surface area contributed by atoms with Crippen molar-refractivity contribution >= 4 is 23.3 Å². The van der Waals surface area contributed by atoms with Gasteiger partial charge in [-0.2, -0.15) is 0 Å². The van der Waals surface area contributed by atoms with E-state index >= 15 is 0 Å². The number of methoxy groups -OCH3 is 2. The SMILES string of the molecule is CCN(c1cc(Cl)cc(C(=O)OC)c1C)[C@H]1CC[C@H](N(C)Cc2cccc(OC)c2)CC1. The summed E-state index contributed by atoms with van der Waals surface area (Å²) < 4.78 is 10.3. The lowest BCUT2D eigenvalue weighted by Crippen LogP contribution is -2.43. The summed E-state index contributed by atoms with van der Waals surface area (Å²) in [4.78, 5) is 17.1. The third-order valence-corrected chi connectivity index (χ3v) is 6.92. The van der Waals surface area contributed by atoms with Crippen molar-refractivity contribution in [2.45, 2.75) is 58.2 Å². The van der Waals surface area contributed by atoms with E-state index < -0.39 is 0 Å². The Labute approximate surface area is 197 Å². The molecule has 0 unspecified atom stereocenters. The molecule has 0 bridgehead atoms. The molecular formula is C26H35ClN2O3. The second-order valence-corrected chi connectivity index (χ2v) is 9.04. The van der Waals surface area contributed by atoms with Crippen molar-refractivity contribution in [3.8, 4) is 5.75 Å². The number of hydrogen-bond donors (Lipinski definition) is 0. The third kappa shape index (κ3) is 5.57. The molecule has 1 aliphatic rings. The minimum Gasteiger partial charge on any atom is -0.497 e. The van der Waals surface area contributed by atoms with Gasteiger partial charge in [-0.1, -0.05) is 23.7 Å². The maximum atomic E-state index is 12.2. The number of carbonyl (C=O) groups excluding carboxylic acids is 1.